The van der Waals surface area contributed by atoms with E-state index in [2.05, 4.69) is 26.1 Å². The quantitative estimate of drug-likeness (QED) is 0.685. The Bertz CT molecular complexity index is 680. The van der Waals surface area contributed by atoms with Gasteiger partial charge in [0.15, 0.2) is 6.10 Å². The molecule has 9 heteroatoms. The first-order valence-electron chi connectivity index (χ1n) is 7.62. The summed E-state index contributed by atoms with van der Waals surface area (Å²) in [4.78, 5) is 25.8. The third kappa shape index (κ3) is 2.57. The molecule has 24 heavy (non-hydrogen) atoms. The number of halogens is 1. The fraction of sp³-hybridized carbons (Fsp3) is 0.467. The van der Waals surface area contributed by atoms with Crippen LogP contribution in [-0.2, 0) is 19.1 Å². The number of aromatic nitrogens is 2. The predicted octanol–water partition coefficient (Wildman–Crippen LogP) is 1.02. The van der Waals surface area contributed by atoms with E-state index in [1.807, 2.05) is 4.90 Å². The maximum atomic E-state index is 12.0. The molecule has 126 valence electrons. The van der Waals surface area contributed by atoms with Crippen molar-refractivity contribution in [3.63, 3.8) is 0 Å². The number of carbonyl (C=O) groups is 2. The molecule has 0 saturated carbocycles. The van der Waals surface area contributed by atoms with Crippen LogP contribution in [0, 0.1) is 5.92 Å². The third-order valence-corrected chi connectivity index (χ3v) is 4.90. The monoisotopic (exact) mass is 395 g/mol. The third-order valence-electron chi connectivity index (χ3n) is 4.47. The summed E-state index contributed by atoms with van der Waals surface area (Å²) in [6.07, 6.45) is 3.19. The molecule has 1 aromatic heterocycles. The number of fused-ring (bicyclic) bond motifs is 2. The summed E-state index contributed by atoms with van der Waals surface area (Å²) in [6.45, 7) is 1.33. The number of hydrogen-bond acceptors (Lipinski definition) is 8. The molecule has 1 unspecified atom stereocenters. The SMILES string of the molecule is O=C1C=CC(=O)OC2(O1)C(Oc1ccc(Br)nn1)C1CCN2CC1. The maximum absolute atomic E-state index is 12.0. The lowest BCUT2D eigenvalue weighted by Gasteiger charge is -2.54. The highest BCUT2D eigenvalue weighted by molar-refractivity contribution is 9.10. The summed E-state index contributed by atoms with van der Waals surface area (Å²) in [7, 11) is 0. The lowest BCUT2D eigenvalue weighted by molar-refractivity contribution is -0.349. The van der Waals surface area contributed by atoms with Crippen LogP contribution in [0.4, 0.5) is 0 Å². The maximum Gasteiger partial charge on any atom is 0.359 e. The van der Waals surface area contributed by atoms with Crippen LogP contribution in [0.5, 0.6) is 5.88 Å². The summed E-state index contributed by atoms with van der Waals surface area (Å²) in [5, 5.41) is 7.85. The molecule has 0 amide bonds. The molecular formula is C15H14BrN3O5. The highest BCUT2D eigenvalue weighted by Crippen LogP contribution is 2.43. The Morgan fingerprint density at radius 1 is 1.12 bits per heavy atom. The van der Waals surface area contributed by atoms with Gasteiger partial charge in [0.2, 0.25) is 5.88 Å². The van der Waals surface area contributed by atoms with Gasteiger partial charge < -0.3 is 14.2 Å². The number of nitrogens with zero attached hydrogens (tertiary/aromatic N) is 3. The van der Waals surface area contributed by atoms with Crippen LogP contribution in [0.2, 0.25) is 0 Å². The molecule has 8 nitrogen and oxygen atoms in total. The van der Waals surface area contributed by atoms with Gasteiger partial charge in [-0.1, -0.05) is 0 Å². The van der Waals surface area contributed by atoms with Gasteiger partial charge in [0.25, 0.3) is 0 Å². The van der Waals surface area contributed by atoms with Crippen molar-refractivity contribution in [1.29, 1.82) is 0 Å². The van der Waals surface area contributed by atoms with Gasteiger partial charge in [-0.2, -0.15) is 0 Å². The van der Waals surface area contributed by atoms with Crippen molar-refractivity contribution in [2.75, 3.05) is 13.1 Å². The Morgan fingerprint density at radius 3 is 2.38 bits per heavy atom. The van der Waals surface area contributed by atoms with E-state index >= 15 is 0 Å². The molecule has 5 rings (SSSR count). The summed E-state index contributed by atoms with van der Waals surface area (Å²) in [6, 6.07) is 3.35. The molecule has 0 radical (unpaired) electrons. The number of rotatable bonds is 2. The number of esters is 2. The Kier molecular flexibility index (Phi) is 3.76. The Hall–Kier alpha value is -2.00. The first-order valence-corrected chi connectivity index (χ1v) is 8.41. The van der Waals surface area contributed by atoms with Gasteiger partial charge >= 0.3 is 17.8 Å². The minimum absolute atomic E-state index is 0.0825. The fourth-order valence-electron chi connectivity index (χ4n) is 3.42. The molecule has 0 aromatic carbocycles. The average Bonchev–Trinajstić information content (AvgIpc) is 2.72. The molecule has 5 heterocycles. The van der Waals surface area contributed by atoms with E-state index in [1.165, 1.54) is 0 Å². The van der Waals surface area contributed by atoms with E-state index in [1.54, 1.807) is 12.1 Å². The van der Waals surface area contributed by atoms with E-state index in [-0.39, 0.29) is 11.8 Å². The van der Waals surface area contributed by atoms with Crippen molar-refractivity contribution < 1.29 is 23.8 Å². The number of carbonyl (C=O) groups excluding carboxylic acids is 2. The topological polar surface area (TPSA) is 90.9 Å². The molecule has 0 aliphatic carbocycles. The van der Waals surface area contributed by atoms with Gasteiger partial charge in [-0.05, 0) is 34.8 Å². The van der Waals surface area contributed by atoms with Crippen LogP contribution in [0.3, 0.4) is 0 Å². The molecule has 3 fully saturated rings. The van der Waals surface area contributed by atoms with Crippen LogP contribution in [0.1, 0.15) is 12.8 Å². The van der Waals surface area contributed by atoms with Crippen molar-refractivity contribution in [1.82, 2.24) is 15.1 Å². The zero-order valence-corrected chi connectivity index (χ0v) is 14.1. The van der Waals surface area contributed by atoms with Gasteiger partial charge in [0.1, 0.15) is 4.60 Å². The Balaban J connectivity index is 1.70. The van der Waals surface area contributed by atoms with E-state index in [9.17, 15) is 9.59 Å². The van der Waals surface area contributed by atoms with Crippen LogP contribution < -0.4 is 4.74 Å². The van der Waals surface area contributed by atoms with Crippen molar-refractivity contribution in [3.05, 3.63) is 28.9 Å². The minimum Gasteiger partial charge on any atom is -0.463 e. The number of ether oxygens (including phenoxy) is 3. The highest BCUT2D eigenvalue weighted by Gasteiger charge is 2.62. The molecular weight excluding hydrogens is 382 g/mol. The van der Waals surface area contributed by atoms with Gasteiger partial charge in [0, 0.05) is 37.2 Å². The first-order chi connectivity index (χ1) is 11.6. The van der Waals surface area contributed by atoms with Gasteiger partial charge in [-0.3, -0.25) is 0 Å². The molecule has 1 atom stereocenters. The van der Waals surface area contributed by atoms with E-state index in [4.69, 9.17) is 14.2 Å². The summed E-state index contributed by atoms with van der Waals surface area (Å²) >= 11 is 3.22. The zero-order chi connectivity index (χ0) is 16.7. The average molecular weight is 396 g/mol. The fourth-order valence-corrected chi connectivity index (χ4v) is 3.63. The van der Waals surface area contributed by atoms with Crippen molar-refractivity contribution in [3.8, 4) is 5.88 Å². The molecule has 4 aliphatic rings. The van der Waals surface area contributed by atoms with Crippen LogP contribution >= 0.6 is 15.9 Å². The van der Waals surface area contributed by atoms with Crippen LogP contribution in [0.15, 0.2) is 28.9 Å². The van der Waals surface area contributed by atoms with Gasteiger partial charge in [-0.15, -0.1) is 10.2 Å². The predicted molar refractivity (Wildman–Crippen MR) is 82.5 cm³/mol. The molecule has 4 aliphatic heterocycles. The second-order valence-corrected chi connectivity index (χ2v) is 6.68. The second-order valence-electron chi connectivity index (χ2n) is 5.86. The van der Waals surface area contributed by atoms with E-state index in [0.29, 0.717) is 17.7 Å². The summed E-state index contributed by atoms with van der Waals surface area (Å²) in [5.41, 5.74) is 0. The van der Waals surface area contributed by atoms with Crippen molar-refractivity contribution in [2.24, 2.45) is 5.92 Å². The van der Waals surface area contributed by atoms with E-state index < -0.39 is 24.0 Å². The summed E-state index contributed by atoms with van der Waals surface area (Å²) in [5.74, 6) is -2.47. The molecule has 0 N–H and O–H groups in total. The normalized spacial score (nSPS) is 30.6. The van der Waals surface area contributed by atoms with Crippen molar-refractivity contribution >= 4 is 27.9 Å². The minimum atomic E-state index is -1.56. The van der Waals surface area contributed by atoms with Crippen LogP contribution in [-0.4, -0.2) is 52.1 Å². The Labute approximate surface area is 145 Å². The lowest BCUT2D eigenvalue weighted by Crippen LogP contribution is -2.71. The number of piperidine rings is 3. The highest BCUT2D eigenvalue weighted by atomic mass is 79.9. The van der Waals surface area contributed by atoms with Crippen LogP contribution in [0.25, 0.3) is 0 Å². The molecule has 1 aromatic rings. The largest absolute Gasteiger partial charge is 0.463 e. The van der Waals surface area contributed by atoms with E-state index in [0.717, 1.165) is 25.0 Å². The second kappa shape index (κ2) is 5.82. The molecule has 1 spiro atoms. The summed E-state index contributed by atoms with van der Waals surface area (Å²) < 4.78 is 17.6. The standard InChI is InChI=1S/C15H14BrN3O5/c16-10-1-2-11(18-17-10)22-14-9-5-7-19(8-6-9)15(14)23-12(20)3-4-13(21)24-15/h1-4,9,14H,5-8H2. The Morgan fingerprint density at radius 2 is 1.79 bits per heavy atom. The molecule has 2 bridgehead atoms. The lowest BCUT2D eigenvalue weighted by atomic mass is 9.82. The van der Waals surface area contributed by atoms with Gasteiger partial charge in [0.05, 0.1) is 0 Å². The number of hydrogen-bond donors (Lipinski definition) is 0. The smallest absolute Gasteiger partial charge is 0.359 e. The molecule has 3 saturated heterocycles. The van der Waals surface area contributed by atoms with Crippen molar-refractivity contribution in [2.45, 2.75) is 24.9 Å². The van der Waals surface area contributed by atoms with Gasteiger partial charge in [-0.25, -0.2) is 14.5 Å². The first kappa shape index (κ1) is 15.5. The zero-order valence-electron chi connectivity index (χ0n) is 12.6.